The first-order valence-electron chi connectivity index (χ1n) is 7.57. The predicted octanol–water partition coefficient (Wildman–Crippen LogP) is 3.10. The molecular weight excluding hydrogens is 258 g/mol. The van der Waals surface area contributed by atoms with Crippen molar-refractivity contribution in [3.8, 4) is 0 Å². The van der Waals surface area contributed by atoms with E-state index in [1.54, 1.807) is 0 Å². The molecule has 0 atom stereocenters. The summed E-state index contributed by atoms with van der Waals surface area (Å²) in [6, 6.07) is 17.0. The highest BCUT2D eigenvalue weighted by atomic mass is 15.1. The average Bonchev–Trinajstić information content (AvgIpc) is 2.87. The number of amidine groups is 1. The second-order valence-electron chi connectivity index (χ2n) is 5.32. The summed E-state index contributed by atoms with van der Waals surface area (Å²) < 4.78 is 2.18. The lowest BCUT2D eigenvalue weighted by Crippen LogP contribution is -2.22. The average molecular weight is 280 g/mol. The Morgan fingerprint density at radius 1 is 1.00 bits per heavy atom. The molecule has 1 heterocycles. The zero-order valence-corrected chi connectivity index (χ0v) is 12.7. The Kier molecular flexibility index (Phi) is 3.65. The molecule has 0 bridgehead atoms. The van der Waals surface area contributed by atoms with Crippen LogP contribution in [0.1, 0.15) is 25.0 Å². The largest absolute Gasteiger partial charge is 0.372 e. The zero-order valence-electron chi connectivity index (χ0n) is 12.7. The van der Waals surface area contributed by atoms with E-state index in [-0.39, 0.29) is 0 Å². The lowest BCUT2D eigenvalue weighted by atomic mass is 10.1. The van der Waals surface area contributed by atoms with Crippen LogP contribution in [-0.4, -0.2) is 23.5 Å². The van der Waals surface area contributed by atoms with Gasteiger partial charge in [-0.3, -0.25) is 5.73 Å². The normalized spacial score (nSPS) is 13.4. The fraction of sp³-hybridized carbons (Fsp3) is 0.278. The van der Waals surface area contributed by atoms with Gasteiger partial charge in [0, 0.05) is 24.3 Å². The van der Waals surface area contributed by atoms with Gasteiger partial charge < -0.3 is 4.90 Å². The van der Waals surface area contributed by atoms with Crippen molar-refractivity contribution in [3.05, 3.63) is 59.7 Å². The van der Waals surface area contributed by atoms with Crippen molar-refractivity contribution in [1.29, 1.82) is 0 Å². The molecule has 0 saturated carbocycles. The number of rotatable bonds is 4. The molecule has 0 radical (unpaired) electrons. The number of fused-ring (bicyclic) bond motifs is 1. The topological polar surface area (TPSA) is 32.3 Å². The van der Waals surface area contributed by atoms with Crippen molar-refractivity contribution in [1.82, 2.24) is 0 Å². The quantitative estimate of drug-likeness (QED) is 0.873. The maximum atomic E-state index is 6.30. The van der Waals surface area contributed by atoms with Crippen molar-refractivity contribution in [2.24, 2.45) is 5.73 Å². The molecule has 0 spiro atoms. The van der Waals surface area contributed by atoms with Gasteiger partial charge in [0.2, 0.25) is 0 Å². The van der Waals surface area contributed by atoms with Crippen LogP contribution >= 0.6 is 0 Å². The van der Waals surface area contributed by atoms with E-state index in [2.05, 4.69) is 65.8 Å². The van der Waals surface area contributed by atoms with Gasteiger partial charge in [-0.1, -0.05) is 18.2 Å². The monoisotopic (exact) mass is 280 g/mol. The molecule has 0 aromatic heterocycles. The SMILES string of the molecule is CCN(CC)c1ccc([N+]2=C(N)c3ccccc3C2)cc1. The van der Waals surface area contributed by atoms with Crippen molar-refractivity contribution in [2.45, 2.75) is 20.4 Å². The van der Waals surface area contributed by atoms with Gasteiger partial charge in [-0.15, -0.1) is 0 Å². The van der Waals surface area contributed by atoms with Crippen molar-refractivity contribution < 1.29 is 4.58 Å². The number of nitrogens with zero attached hydrogens (tertiary/aromatic N) is 2. The van der Waals surface area contributed by atoms with Gasteiger partial charge >= 0.3 is 0 Å². The van der Waals surface area contributed by atoms with E-state index in [0.29, 0.717) is 0 Å². The van der Waals surface area contributed by atoms with Crippen LogP contribution in [0.25, 0.3) is 0 Å². The summed E-state index contributed by atoms with van der Waals surface area (Å²) in [5.41, 5.74) is 11.2. The van der Waals surface area contributed by atoms with Crippen LogP contribution in [0.15, 0.2) is 48.5 Å². The van der Waals surface area contributed by atoms with Gasteiger partial charge in [-0.05, 0) is 44.2 Å². The van der Waals surface area contributed by atoms with E-state index in [1.807, 2.05) is 6.07 Å². The van der Waals surface area contributed by atoms with E-state index in [0.717, 1.165) is 36.7 Å². The van der Waals surface area contributed by atoms with Gasteiger partial charge in [-0.25, -0.2) is 4.58 Å². The Bertz CT molecular complexity index is 667. The highest BCUT2D eigenvalue weighted by Gasteiger charge is 2.25. The first-order chi connectivity index (χ1) is 10.2. The molecule has 0 fully saturated rings. The zero-order chi connectivity index (χ0) is 14.8. The summed E-state index contributed by atoms with van der Waals surface area (Å²) in [6.07, 6.45) is 0. The molecule has 108 valence electrons. The molecule has 1 aliphatic rings. The van der Waals surface area contributed by atoms with Crippen LogP contribution in [0, 0.1) is 0 Å². The lowest BCUT2D eigenvalue weighted by molar-refractivity contribution is -0.453. The lowest BCUT2D eigenvalue weighted by Gasteiger charge is -2.20. The third kappa shape index (κ3) is 2.40. The molecule has 0 aliphatic carbocycles. The predicted molar refractivity (Wildman–Crippen MR) is 88.4 cm³/mol. The van der Waals surface area contributed by atoms with Crippen molar-refractivity contribution in [3.63, 3.8) is 0 Å². The van der Waals surface area contributed by atoms with Crippen LogP contribution in [0.4, 0.5) is 11.4 Å². The van der Waals surface area contributed by atoms with Crippen LogP contribution in [0.3, 0.4) is 0 Å². The minimum atomic E-state index is 0.848. The Morgan fingerprint density at radius 3 is 2.29 bits per heavy atom. The van der Waals surface area contributed by atoms with Gasteiger partial charge in [0.05, 0.1) is 5.56 Å². The maximum absolute atomic E-state index is 6.30. The number of hydrogen-bond acceptors (Lipinski definition) is 2. The van der Waals surface area contributed by atoms with Crippen molar-refractivity contribution >= 4 is 17.2 Å². The summed E-state index contributed by atoms with van der Waals surface area (Å²) in [4.78, 5) is 2.34. The molecule has 2 aromatic rings. The molecule has 3 nitrogen and oxygen atoms in total. The first-order valence-corrected chi connectivity index (χ1v) is 7.57. The van der Waals surface area contributed by atoms with E-state index in [1.165, 1.54) is 11.3 Å². The van der Waals surface area contributed by atoms with Crippen LogP contribution < -0.4 is 10.6 Å². The Hall–Kier alpha value is -2.29. The highest BCUT2D eigenvalue weighted by Crippen LogP contribution is 2.25. The molecular formula is C18H22N3+. The van der Waals surface area contributed by atoms with E-state index >= 15 is 0 Å². The molecule has 2 aromatic carbocycles. The molecule has 21 heavy (non-hydrogen) atoms. The molecule has 0 saturated heterocycles. The summed E-state index contributed by atoms with van der Waals surface area (Å²) in [6.45, 7) is 7.27. The number of hydrogen-bond donors (Lipinski definition) is 1. The highest BCUT2D eigenvalue weighted by molar-refractivity contribution is 5.97. The fourth-order valence-corrected chi connectivity index (χ4v) is 2.97. The first kappa shape index (κ1) is 13.7. The molecule has 1 aliphatic heterocycles. The second kappa shape index (κ2) is 5.60. The van der Waals surface area contributed by atoms with Gasteiger partial charge in [0.25, 0.3) is 5.84 Å². The van der Waals surface area contributed by atoms with Crippen molar-refractivity contribution in [2.75, 3.05) is 18.0 Å². The third-order valence-corrected chi connectivity index (χ3v) is 4.20. The standard InChI is InChI=1S/C18H21N3/c1-3-20(4-2)15-9-11-16(12-10-15)21-13-14-7-5-6-8-17(14)18(21)19/h5-12,19H,3-4,13H2,1-2H3/p+1. The summed E-state index contributed by atoms with van der Waals surface area (Å²) in [5.74, 6) is 0.848. The third-order valence-electron chi connectivity index (χ3n) is 4.20. The maximum Gasteiger partial charge on any atom is 0.280 e. The van der Waals surface area contributed by atoms with Gasteiger partial charge in [0.15, 0.2) is 0 Å². The van der Waals surface area contributed by atoms with Gasteiger partial charge in [0.1, 0.15) is 12.2 Å². The minimum Gasteiger partial charge on any atom is -0.372 e. The molecule has 0 unspecified atom stereocenters. The second-order valence-corrected chi connectivity index (χ2v) is 5.32. The van der Waals surface area contributed by atoms with Crippen LogP contribution in [0.2, 0.25) is 0 Å². The minimum absolute atomic E-state index is 0.848. The number of benzene rings is 2. The van der Waals surface area contributed by atoms with Gasteiger partial charge in [-0.2, -0.15) is 0 Å². The van der Waals surface area contributed by atoms with E-state index in [9.17, 15) is 0 Å². The van der Waals surface area contributed by atoms with E-state index in [4.69, 9.17) is 5.73 Å². The van der Waals surface area contributed by atoms with Crippen LogP contribution in [0.5, 0.6) is 0 Å². The fourth-order valence-electron chi connectivity index (χ4n) is 2.97. The molecule has 2 N–H and O–H groups in total. The Morgan fingerprint density at radius 2 is 1.67 bits per heavy atom. The smallest absolute Gasteiger partial charge is 0.280 e. The Balaban J connectivity index is 1.91. The molecule has 0 amide bonds. The summed E-state index contributed by atoms with van der Waals surface area (Å²) in [5, 5.41) is 0. The summed E-state index contributed by atoms with van der Waals surface area (Å²) in [7, 11) is 0. The number of anilines is 1. The van der Waals surface area contributed by atoms with E-state index < -0.39 is 0 Å². The Labute approximate surface area is 126 Å². The van der Waals surface area contributed by atoms with Crippen LogP contribution in [-0.2, 0) is 6.54 Å². The molecule has 3 heteroatoms. The summed E-state index contributed by atoms with van der Waals surface area (Å²) >= 11 is 0. The number of nitrogens with two attached hydrogens (primary N) is 1. The molecule has 3 rings (SSSR count).